The molecule has 1 spiro atoms. The summed E-state index contributed by atoms with van der Waals surface area (Å²) in [6.07, 6.45) is 4.62. The Labute approximate surface area is 126 Å². The molecule has 3 aliphatic rings. The molecule has 3 heterocycles. The molecule has 118 valence electrons. The van der Waals surface area contributed by atoms with Gasteiger partial charge in [0.25, 0.3) is 0 Å². The number of hydrogen-bond acceptors (Lipinski definition) is 3. The summed E-state index contributed by atoms with van der Waals surface area (Å²) >= 11 is 0. The van der Waals surface area contributed by atoms with Crippen molar-refractivity contribution >= 4 is 11.8 Å². The minimum Gasteiger partial charge on any atom is -0.381 e. The fourth-order valence-corrected chi connectivity index (χ4v) is 3.99. The maximum atomic E-state index is 12.4. The van der Waals surface area contributed by atoms with Gasteiger partial charge in [-0.05, 0) is 38.0 Å². The normalized spacial score (nSPS) is 29.2. The maximum absolute atomic E-state index is 12.4. The summed E-state index contributed by atoms with van der Waals surface area (Å²) in [5.41, 5.74) is 0.257. The maximum Gasteiger partial charge on any atom is 0.228 e. The van der Waals surface area contributed by atoms with Gasteiger partial charge in [-0.3, -0.25) is 9.59 Å². The van der Waals surface area contributed by atoms with Crippen LogP contribution in [0.5, 0.6) is 0 Å². The van der Waals surface area contributed by atoms with E-state index in [1.165, 1.54) is 0 Å². The first kappa shape index (κ1) is 14.8. The van der Waals surface area contributed by atoms with Gasteiger partial charge < -0.3 is 14.5 Å². The number of likely N-dealkylation sites (tertiary alicyclic amines) is 2. The molecule has 0 N–H and O–H groups in total. The number of piperidine rings is 2. The van der Waals surface area contributed by atoms with Crippen molar-refractivity contribution in [2.24, 2.45) is 11.3 Å². The van der Waals surface area contributed by atoms with E-state index >= 15 is 0 Å². The van der Waals surface area contributed by atoms with Crippen LogP contribution in [0.1, 0.15) is 39.0 Å². The molecule has 5 nitrogen and oxygen atoms in total. The molecule has 0 aromatic rings. The molecule has 0 saturated carbocycles. The van der Waals surface area contributed by atoms with Crippen molar-refractivity contribution in [3.63, 3.8) is 0 Å². The third-order valence-electron chi connectivity index (χ3n) is 5.54. The van der Waals surface area contributed by atoms with Gasteiger partial charge in [0.2, 0.25) is 11.8 Å². The first-order chi connectivity index (χ1) is 10.1. The van der Waals surface area contributed by atoms with Gasteiger partial charge in [-0.25, -0.2) is 0 Å². The average molecular weight is 294 g/mol. The van der Waals surface area contributed by atoms with Crippen LogP contribution in [0.2, 0.25) is 0 Å². The molecule has 0 radical (unpaired) electrons. The molecular formula is C16H26N2O3. The van der Waals surface area contributed by atoms with Crippen LogP contribution >= 0.6 is 0 Å². The van der Waals surface area contributed by atoms with Crippen LogP contribution in [0, 0.1) is 11.3 Å². The van der Waals surface area contributed by atoms with Crippen LogP contribution in [-0.4, -0.2) is 61.0 Å². The Morgan fingerprint density at radius 1 is 1.33 bits per heavy atom. The van der Waals surface area contributed by atoms with Crippen LogP contribution in [0.3, 0.4) is 0 Å². The van der Waals surface area contributed by atoms with Crippen molar-refractivity contribution in [3.8, 4) is 0 Å². The second-order valence-corrected chi connectivity index (χ2v) is 6.79. The molecule has 3 rings (SSSR count). The first-order valence-electron chi connectivity index (χ1n) is 8.28. The van der Waals surface area contributed by atoms with Gasteiger partial charge in [0.1, 0.15) is 0 Å². The molecular weight excluding hydrogens is 268 g/mol. The van der Waals surface area contributed by atoms with E-state index in [1.807, 2.05) is 9.80 Å². The van der Waals surface area contributed by atoms with E-state index in [0.717, 1.165) is 58.5 Å². The zero-order chi connectivity index (χ0) is 14.9. The Kier molecular flexibility index (Phi) is 4.20. The zero-order valence-electron chi connectivity index (χ0n) is 13.0. The van der Waals surface area contributed by atoms with Gasteiger partial charge in [-0.15, -0.1) is 0 Å². The lowest BCUT2D eigenvalue weighted by Gasteiger charge is -2.47. The van der Waals surface area contributed by atoms with Gasteiger partial charge in [-0.2, -0.15) is 0 Å². The number of carbonyl (C=O) groups is 2. The summed E-state index contributed by atoms with van der Waals surface area (Å²) in [5.74, 6) is 0.658. The van der Waals surface area contributed by atoms with Crippen LogP contribution in [0.15, 0.2) is 0 Å². The summed E-state index contributed by atoms with van der Waals surface area (Å²) in [6.45, 7) is 6.76. The third kappa shape index (κ3) is 2.93. The number of carbonyl (C=O) groups excluding carboxylic acids is 2. The Morgan fingerprint density at radius 2 is 2.10 bits per heavy atom. The van der Waals surface area contributed by atoms with Crippen LogP contribution in [0.4, 0.5) is 0 Å². The fraction of sp³-hybridized carbons (Fsp3) is 0.875. The molecule has 0 aromatic heterocycles. The summed E-state index contributed by atoms with van der Waals surface area (Å²) in [4.78, 5) is 28.3. The van der Waals surface area contributed by atoms with E-state index in [0.29, 0.717) is 18.9 Å². The molecule has 1 unspecified atom stereocenters. The van der Waals surface area contributed by atoms with Crippen molar-refractivity contribution < 1.29 is 14.3 Å². The SMILES string of the molecule is CCN1CC2(CCC1=O)CCN(C(=O)C1CCOC1)CC2. The van der Waals surface area contributed by atoms with E-state index in [9.17, 15) is 9.59 Å². The lowest BCUT2D eigenvalue weighted by molar-refractivity contribution is -0.144. The lowest BCUT2D eigenvalue weighted by Crippen LogP contribution is -2.53. The van der Waals surface area contributed by atoms with Crippen molar-refractivity contribution in [2.75, 3.05) is 39.4 Å². The van der Waals surface area contributed by atoms with Crippen molar-refractivity contribution in [2.45, 2.75) is 39.0 Å². The third-order valence-corrected chi connectivity index (χ3v) is 5.54. The fourth-order valence-electron chi connectivity index (χ4n) is 3.99. The molecule has 3 saturated heterocycles. The highest BCUT2D eigenvalue weighted by Crippen LogP contribution is 2.40. The predicted molar refractivity (Wildman–Crippen MR) is 78.7 cm³/mol. The molecule has 5 heteroatoms. The number of hydrogen-bond donors (Lipinski definition) is 0. The van der Waals surface area contributed by atoms with Gasteiger partial charge in [0.05, 0.1) is 12.5 Å². The van der Waals surface area contributed by atoms with Gasteiger partial charge in [0.15, 0.2) is 0 Å². The Hall–Kier alpha value is -1.10. The highest BCUT2D eigenvalue weighted by Gasteiger charge is 2.42. The van der Waals surface area contributed by atoms with E-state index in [1.54, 1.807) is 0 Å². The Bertz CT molecular complexity index is 410. The van der Waals surface area contributed by atoms with Gasteiger partial charge in [-0.1, -0.05) is 0 Å². The first-order valence-corrected chi connectivity index (χ1v) is 8.28. The topological polar surface area (TPSA) is 49.9 Å². The quantitative estimate of drug-likeness (QED) is 0.771. The Morgan fingerprint density at radius 3 is 2.71 bits per heavy atom. The molecule has 3 fully saturated rings. The van der Waals surface area contributed by atoms with Gasteiger partial charge in [0, 0.05) is 39.2 Å². The summed E-state index contributed by atoms with van der Waals surface area (Å²) in [6, 6.07) is 0. The lowest BCUT2D eigenvalue weighted by atomic mass is 9.72. The number of rotatable bonds is 2. The highest BCUT2D eigenvalue weighted by molar-refractivity contribution is 5.79. The predicted octanol–water partition coefficient (Wildman–Crippen LogP) is 1.27. The zero-order valence-corrected chi connectivity index (χ0v) is 13.0. The number of amides is 2. The minimum absolute atomic E-state index is 0.0825. The van der Waals surface area contributed by atoms with E-state index in [2.05, 4.69) is 6.92 Å². The highest BCUT2D eigenvalue weighted by atomic mass is 16.5. The molecule has 3 aliphatic heterocycles. The molecule has 0 aromatic carbocycles. The van der Waals surface area contributed by atoms with Crippen molar-refractivity contribution in [3.05, 3.63) is 0 Å². The summed E-state index contributed by atoms with van der Waals surface area (Å²) in [7, 11) is 0. The molecule has 0 aliphatic carbocycles. The van der Waals surface area contributed by atoms with E-state index in [4.69, 9.17) is 4.74 Å². The number of nitrogens with zero attached hydrogens (tertiary/aromatic N) is 2. The van der Waals surface area contributed by atoms with Crippen molar-refractivity contribution in [1.82, 2.24) is 9.80 Å². The van der Waals surface area contributed by atoms with E-state index < -0.39 is 0 Å². The largest absolute Gasteiger partial charge is 0.381 e. The molecule has 21 heavy (non-hydrogen) atoms. The number of ether oxygens (including phenoxy) is 1. The summed E-state index contributed by atoms with van der Waals surface area (Å²) in [5, 5.41) is 0. The van der Waals surface area contributed by atoms with Crippen LogP contribution < -0.4 is 0 Å². The van der Waals surface area contributed by atoms with Crippen LogP contribution in [-0.2, 0) is 14.3 Å². The molecule has 0 bridgehead atoms. The summed E-state index contributed by atoms with van der Waals surface area (Å²) < 4.78 is 5.33. The molecule has 1 atom stereocenters. The standard InChI is InChI=1S/C16H26N2O3/c1-2-17-12-16(5-3-14(17)19)6-8-18(9-7-16)15(20)13-4-10-21-11-13/h13H,2-12H2,1H3. The second kappa shape index (κ2) is 5.95. The Balaban J connectivity index is 1.57. The van der Waals surface area contributed by atoms with E-state index in [-0.39, 0.29) is 17.2 Å². The smallest absolute Gasteiger partial charge is 0.228 e. The monoisotopic (exact) mass is 294 g/mol. The van der Waals surface area contributed by atoms with Crippen molar-refractivity contribution in [1.29, 1.82) is 0 Å². The molecule has 2 amide bonds. The second-order valence-electron chi connectivity index (χ2n) is 6.79. The minimum atomic E-state index is 0.0825. The average Bonchev–Trinajstić information content (AvgIpc) is 3.04. The van der Waals surface area contributed by atoms with Gasteiger partial charge >= 0.3 is 0 Å². The van der Waals surface area contributed by atoms with Crippen LogP contribution in [0.25, 0.3) is 0 Å².